The van der Waals surface area contributed by atoms with Crippen molar-refractivity contribution in [2.75, 3.05) is 18.4 Å². The number of hydrogen-bond donors (Lipinski definition) is 1. The van der Waals surface area contributed by atoms with E-state index < -0.39 is 0 Å². The Labute approximate surface area is 154 Å². The third kappa shape index (κ3) is 5.12. The predicted octanol–water partition coefficient (Wildman–Crippen LogP) is 3.99. The van der Waals surface area contributed by atoms with Crippen molar-refractivity contribution in [1.82, 2.24) is 14.9 Å². The van der Waals surface area contributed by atoms with E-state index in [1.165, 1.54) is 6.92 Å². The monoisotopic (exact) mass is 354 g/mol. The zero-order valence-corrected chi connectivity index (χ0v) is 15.9. The van der Waals surface area contributed by atoms with Crippen molar-refractivity contribution in [3.8, 4) is 0 Å². The summed E-state index contributed by atoms with van der Waals surface area (Å²) in [6, 6.07) is 8.85. The average Bonchev–Trinajstić information content (AvgIpc) is 2.60. The summed E-state index contributed by atoms with van der Waals surface area (Å²) in [5.41, 5.74) is 1.74. The molecule has 0 saturated heterocycles. The van der Waals surface area contributed by atoms with E-state index >= 15 is 0 Å². The van der Waals surface area contributed by atoms with Crippen LogP contribution in [0.2, 0.25) is 0 Å². The molecule has 1 N–H and O–H groups in total. The standard InChI is InChI=1S/C20H26N4O2/c1-5-10-24(11-6-2)20(26)18-13-19(22-15(4)21-18)23-17-9-7-8-16(12-17)14(3)25/h7-9,12-13H,5-6,10-11H2,1-4H3,(H,21,22,23). The number of hydrogen-bond acceptors (Lipinski definition) is 5. The van der Waals surface area contributed by atoms with Crippen molar-refractivity contribution >= 4 is 23.2 Å². The number of carbonyl (C=O) groups is 2. The molecule has 0 atom stereocenters. The van der Waals surface area contributed by atoms with E-state index in [4.69, 9.17) is 0 Å². The predicted molar refractivity (Wildman–Crippen MR) is 103 cm³/mol. The molecule has 0 bridgehead atoms. The highest BCUT2D eigenvalue weighted by atomic mass is 16.2. The van der Waals surface area contributed by atoms with Crippen LogP contribution in [0.15, 0.2) is 30.3 Å². The van der Waals surface area contributed by atoms with Gasteiger partial charge >= 0.3 is 0 Å². The first-order valence-corrected chi connectivity index (χ1v) is 8.97. The Morgan fingerprint density at radius 2 is 1.77 bits per heavy atom. The van der Waals surface area contributed by atoms with Gasteiger partial charge in [0.1, 0.15) is 17.3 Å². The lowest BCUT2D eigenvalue weighted by Crippen LogP contribution is -2.33. The second kappa shape index (κ2) is 9.08. The number of benzene rings is 1. The lowest BCUT2D eigenvalue weighted by molar-refractivity contribution is 0.0749. The fourth-order valence-electron chi connectivity index (χ4n) is 2.72. The molecule has 1 heterocycles. The van der Waals surface area contributed by atoms with E-state index in [9.17, 15) is 9.59 Å². The molecule has 0 aliphatic carbocycles. The Kier molecular flexibility index (Phi) is 6.83. The number of Topliss-reactive ketones (excluding diaryl/α,β-unsaturated/α-hetero) is 1. The van der Waals surface area contributed by atoms with Gasteiger partial charge < -0.3 is 10.2 Å². The highest BCUT2D eigenvalue weighted by Crippen LogP contribution is 2.18. The number of aryl methyl sites for hydroxylation is 1. The summed E-state index contributed by atoms with van der Waals surface area (Å²) in [5, 5.41) is 3.16. The molecule has 1 aromatic heterocycles. The van der Waals surface area contributed by atoms with Gasteiger partial charge in [0.2, 0.25) is 0 Å². The Morgan fingerprint density at radius 3 is 2.38 bits per heavy atom. The largest absolute Gasteiger partial charge is 0.340 e. The minimum Gasteiger partial charge on any atom is -0.340 e. The maximum absolute atomic E-state index is 12.8. The summed E-state index contributed by atoms with van der Waals surface area (Å²) >= 11 is 0. The van der Waals surface area contributed by atoms with E-state index in [2.05, 4.69) is 29.1 Å². The molecule has 1 amide bonds. The molecule has 0 aliphatic rings. The van der Waals surface area contributed by atoms with Gasteiger partial charge in [-0.2, -0.15) is 0 Å². The normalized spacial score (nSPS) is 10.5. The second-order valence-corrected chi connectivity index (χ2v) is 6.24. The Balaban J connectivity index is 2.27. The van der Waals surface area contributed by atoms with Crippen molar-refractivity contribution in [2.24, 2.45) is 0 Å². The van der Waals surface area contributed by atoms with E-state index in [1.807, 2.05) is 17.0 Å². The number of anilines is 2. The fourth-order valence-corrected chi connectivity index (χ4v) is 2.72. The van der Waals surface area contributed by atoms with Crippen molar-refractivity contribution in [1.29, 1.82) is 0 Å². The Bertz CT molecular complexity index is 783. The summed E-state index contributed by atoms with van der Waals surface area (Å²) in [5.74, 6) is 0.974. The number of aromatic nitrogens is 2. The molecule has 6 heteroatoms. The van der Waals surface area contributed by atoms with Crippen molar-refractivity contribution in [2.45, 2.75) is 40.5 Å². The molecule has 138 valence electrons. The third-order valence-corrected chi connectivity index (χ3v) is 3.87. The van der Waals surface area contributed by atoms with Gasteiger partial charge in [-0.1, -0.05) is 26.0 Å². The van der Waals surface area contributed by atoms with Crippen LogP contribution < -0.4 is 5.32 Å². The number of nitrogens with zero attached hydrogens (tertiary/aromatic N) is 3. The molecular formula is C20H26N4O2. The van der Waals surface area contributed by atoms with Crippen molar-refractivity contribution < 1.29 is 9.59 Å². The summed E-state index contributed by atoms with van der Waals surface area (Å²) in [6.45, 7) is 8.81. The van der Waals surface area contributed by atoms with Crippen LogP contribution >= 0.6 is 0 Å². The molecule has 0 radical (unpaired) electrons. The van der Waals surface area contributed by atoms with Crippen LogP contribution in [0.4, 0.5) is 11.5 Å². The van der Waals surface area contributed by atoms with Gasteiger partial charge in [-0.15, -0.1) is 0 Å². The highest BCUT2D eigenvalue weighted by molar-refractivity contribution is 5.95. The fraction of sp³-hybridized carbons (Fsp3) is 0.400. The van der Waals surface area contributed by atoms with Gasteiger partial charge in [0.25, 0.3) is 5.91 Å². The molecule has 26 heavy (non-hydrogen) atoms. The number of nitrogens with one attached hydrogen (secondary N) is 1. The first-order valence-electron chi connectivity index (χ1n) is 8.97. The van der Waals surface area contributed by atoms with Gasteiger partial charge in [-0.3, -0.25) is 9.59 Å². The Hall–Kier alpha value is -2.76. The lowest BCUT2D eigenvalue weighted by atomic mass is 10.1. The van der Waals surface area contributed by atoms with Crippen LogP contribution in [0, 0.1) is 6.92 Å². The quantitative estimate of drug-likeness (QED) is 0.725. The van der Waals surface area contributed by atoms with Crippen molar-refractivity contribution in [3.63, 3.8) is 0 Å². The molecule has 0 saturated carbocycles. The Morgan fingerprint density at radius 1 is 1.08 bits per heavy atom. The van der Waals surface area contributed by atoms with Gasteiger partial charge in [0.15, 0.2) is 5.78 Å². The first kappa shape index (κ1) is 19.6. The number of amides is 1. The molecule has 2 rings (SSSR count). The SMILES string of the molecule is CCCN(CCC)C(=O)c1cc(Nc2cccc(C(C)=O)c2)nc(C)n1. The average molecular weight is 354 g/mol. The molecule has 0 aliphatic heterocycles. The first-order chi connectivity index (χ1) is 12.4. The smallest absolute Gasteiger partial charge is 0.272 e. The lowest BCUT2D eigenvalue weighted by Gasteiger charge is -2.21. The maximum Gasteiger partial charge on any atom is 0.272 e. The molecule has 6 nitrogen and oxygen atoms in total. The molecule has 0 unspecified atom stereocenters. The van der Waals surface area contributed by atoms with Gasteiger partial charge in [-0.05, 0) is 38.8 Å². The van der Waals surface area contributed by atoms with E-state index in [1.54, 1.807) is 25.1 Å². The van der Waals surface area contributed by atoms with Crippen LogP contribution in [-0.2, 0) is 0 Å². The van der Waals surface area contributed by atoms with E-state index in [0.717, 1.165) is 18.5 Å². The topological polar surface area (TPSA) is 75.2 Å². The zero-order chi connectivity index (χ0) is 19.1. The number of ketones is 1. The minimum atomic E-state index is -0.0836. The van der Waals surface area contributed by atoms with Crippen LogP contribution in [0.1, 0.15) is 60.3 Å². The van der Waals surface area contributed by atoms with Crippen LogP contribution in [0.3, 0.4) is 0 Å². The summed E-state index contributed by atoms with van der Waals surface area (Å²) in [4.78, 5) is 34.8. The number of carbonyl (C=O) groups excluding carboxylic acids is 2. The molecular weight excluding hydrogens is 328 g/mol. The summed E-state index contributed by atoms with van der Waals surface area (Å²) in [7, 11) is 0. The van der Waals surface area contributed by atoms with Crippen LogP contribution in [-0.4, -0.2) is 39.6 Å². The van der Waals surface area contributed by atoms with Crippen LogP contribution in [0.25, 0.3) is 0 Å². The molecule has 0 fully saturated rings. The van der Waals surface area contributed by atoms with Gasteiger partial charge in [-0.25, -0.2) is 9.97 Å². The molecule has 2 aromatic rings. The third-order valence-electron chi connectivity index (χ3n) is 3.87. The maximum atomic E-state index is 12.8. The van der Waals surface area contributed by atoms with Crippen LogP contribution in [0.5, 0.6) is 0 Å². The zero-order valence-electron chi connectivity index (χ0n) is 15.9. The minimum absolute atomic E-state index is 0.00171. The van der Waals surface area contributed by atoms with Crippen molar-refractivity contribution in [3.05, 3.63) is 47.4 Å². The van der Waals surface area contributed by atoms with E-state index in [0.29, 0.717) is 36.0 Å². The molecule has 0 spiro atoms. The summed E-state index contributed by atoms with van der Waals surface area (Å²) < 4.78 is 0. The van der Waals surface area contributed by atoms with Gasteiger partial charge in [0.05, 0.1) is 0 Å². The van der Waals surface area contributed by atoms with Gasteiger partial charge in [0, 0.05) is 30.4 Å². The highest BCUT2D eigenvalue weighted by Gasteiger charge is 2.17. The number of rotatable bonds is 8. The second-order valence-electron chi connectivity index (χ2n) is 6.24. The molecule has 1 aromatic carbocycles. The summed E-state index contributed by atoms with van der Waals surface area (Å²) in [6.07, 6.45) is 1.80. The van der Waals surface area contributed by atoms with E-state index in [-0.39, 0.29) is 11.7 Å².